The van der Waals surface area contributed by atoms with Crippen molar-refractivity contribution in [1.29, 1.82) is 0 Å². The second kappa shape index (κ2) is 5.93. The van der Waals surface area contributed by atoms with E-state index in [1.165, 1.54) is 20.0 Å². The molecule has 0 N–H and O–H groups in total. The maximum absolute atomic E-state index is 13.0. The Morgan fingerprint density at radius 1 is 1.22 bits per heavy atom. The van der Waals surface area contributed by atoms with Crippen LogP contribution >= 0.6 is 0 Å². The van der Waals surface area contributed by atoms with E-state index in [1.807, 2.05) is 0 Å². The number of amides is 1. The molecule has 1 fully saturated rings. The molecular weight excluding hydrogens is 363 g/mol. The van der Waals surface area contributed by atoms with Gasteiger partial charge in [-0.05, 0) is 18.4 Å². The highest BCUT2D eigenvalue weighted by Crippen LogP contribution is 2.36. The third kappa shape index (κ3) is 3.02. The van der Waals surface area contributed by atoms with Gasteiger partial charge in [-0.15, -0.1) is 0 Å². The Balaban J connectivity index is 1.77. The van der Waals surface area contributed by atoms with Crippen LogP contribution in [0.15, 0.2) is 16.9 Å². The van der Waals surface area contributed by atoms with Gasteiger partial charge in [0.15, 0.2) is 5.82 Å². The molecule has 0 aromatic carbocycles. The van der Waals surface area contributed by atoms with E-state index in [0.717, 1.165) is 12.1 Å². The van der Waals surface area contributed by atoms with Crippen LogP contribution < -0.4 is 5.56 Å². The zero-order valence-electron chi connectivity index (χ0n) is 14.8. The van der Waals surface area contributed by atoms with Crippen LogP contribution in [0.4, 0.5) is 13.2 Å². The first kappa shape index (κ1) is 17.7. The summed E-state index contributed by atoms with van der Waals surface area (Å²) in [4.78, 5) is 29.7. The largest absolute Gasteiger partial charge is 0.451 e. The first-order valence-electron chi connectivity index (χ1n) is 8.62. The lowest BCUT2D eigenvalue weighted by molar-refractivity contribution is -0.147. The molecule has 4 heterocycles. The monoisotopic (exact) mass is 381 g/mol. The number of hydrogen-bond acceptors (Lipinski definition) is 4. The van der Waals surface area contributed by atoms with Gasteiger partial charge in [0.05, 0.1) is 0 Å². The number of hydrogen-bond donors (Lipinski definition) is 0. The normalized spacial score (nSPS) is 21.9. The number of carbonyl (C=O) groups is 1. The van der Waals surface area contributed by atoms with Gasteiger partial charge in [0.1, 0.15) is 0 Å². The minimum Gasteiger partial charge on any atom is -0.342 e. The number of aryl methyl sites for hydroxylation is 1. The molecule has 2 aromatic heterocycles. The lowest BCUT2D eigenvalue weighted by atomic mass is 9.82. The number of piperidine rings is 1. The highest BCUT2D eigenvalue weighted by molar-refractivity contribution is 5.73. The summed E-state index contributed by atoms with van der Waals surface area (Å²) in [5.41, 5.74) is 0.700. The van der Waals surface area contributed by atoms with Gasteiger partial charge in [0.25, 0.3) is 5.56 Å². The molecule has 1 saturated heterocycles. The van der Waals surface area contributed by atoms with Gasteiger partial charge in [-0.25, -0.2) is 9.67 Å². The topological polar surface area (TPSA) is 73.0 Å². The molecule has 1 amide bonds. The number of rotatable bonds is 1. The molecule has 7 nitrogen and oxygen atoms in total. The van der Waals surface area contributed by atoms with E-state index >= 15 is 0 Å². The standard InChI is InChI=1S/C17H18F3N5O2/c1-9(26)24-6-10-3-12(8-24)13-4-11(5-14(27)25(13)7-10)15-21-16(17(18,19)20)23(2)22-15/h4-5,10,12H,3,6-8H2,1-2H3/t10-,12+/m0/s1. The van der Waals surface area contributed by atoms with Gasteiger partial charge in [0.2, 0.25) is 11.7 Å². The van der Waals surface area contributed by atoms with Crippen molar-refractivity contribution in [2.24, 2.45) is 13.0 Å². The van der Waals surface area contributed by atoms with Crippen LogP contribution in [0.25, 0.3) is 11.4 Å². The maximum atomic E-state index is 13.0. The molecule has 0 unspecified atom stereocenters. The van der Waals surface area contributed by atoms with Crippen LogP contribution in [0.1, 0.15) is 30.8 Å². The summed E-state index contributed by atoms with van der Waals surface area (Å²) < 4.78 is 41.3. The number of carbonyl (C=O) groups excluding carboxylic acids is 1. The quantitative estimate of drug-likeness (QED) is 0.753. The predicted molar refractivity (Wildman–Crippen MR) is 88.8 cm³/mol. The third-order valence-corrected chi connectivity index (χ3v) is 5.28. The molecule has 2 aliphatic heterocycles. The van der Waals surface area contributed by atoms with E-state index < -0.39 is 12.0 Å². The van der Waals surface area contributed by atoms with E-state index in [9.17, 15) is 22.8 Å². The molecule has 2 bridgehead atoms. The molecule has 0 spiro atoms. The zero-order valence-corrected chi connectivity index (χ0v) is 14.8. The number of aromatic nitrogens is 4. The second-order valence-electron chi connectivity index (χ2n) is 7.22. The van der Waals surface area contributed by atoms with Gasteiger partial charge >= 0.3 is 6.18 Å². The van der Waals surface area contributed by atoms with Crippen molar-refractivity contribution in [3.63, 3.8) is 0 Å². The molecule has 0 aliphatic carbocycles. The highest BCUT2D eigenvalue weighted by atomic mass is 19.4. The zero-order chi connectivity index (χ0) is 19.5. The molecule has 10 heteroatoms. The van der Waals surface area contributed by atoms with Crippen LogP contribution in [0.5, 0.6) is 0 Å². The number of nitrogens with zero attached hydrogens (tertiary/aromatic N) is 5. The van der Waals surface area contributed by atoms with E-state index in [4.69, 9.17) is 0 Å². The SMILES string of the molecule is CC(=O)N1C[C@@H]2C[C@H](C1)c1cc(-c3nc(C(F)(F)F)n(C)n3)cc(=O)n1C2. The van der Waals surface area contributed by atoms with Crippen LogP contribution in [0.3, 0.4) is 0 Å². The van der Waals surface area contributed by atoms with Crippen LogP contribution in [-0.4, -0.2) is 43.2 Å². The summed E-state index contributed by atoms with van der Waals surface area (Å²) in [6, 6.07) is 2.96. The smallest absolute Gasteiger partial charge is 0.342 e. The molecule has 2 aromatic rings. The number of fused-ring (bicyclic) bond motifs is 4. The molecule has 27 heavy (non-hydrogen) atoms. The lowest BCUT2D eigenvalue weighted by Crippen LogP contribution is -2.48. The first-order chi connectivity index (χ1) is 12.6. The Kier molecular flexibility index (Phi) is 3.90. The number of alkyl halides is 3. The van der Waals surface area contributed by atoms with Gasteiger partial charge in [-0.3, -0.25) is 9.59 Å². The number of halogens is 3. The Bertz CT molecular complexity index is 978. The minimum absolute atomic E-state index is 0.0159. The number of pyridine rings is 1. The van der Waals surface area contributed by atoms with Crippen molar-refractivity contribution in [3.05, 3.63) is 34.0 Å². The van der Waals surface area contributed by atoms with Crippen molar-refractivity contribution < 1.29 is 18.0 Å². The molecule has 0 radical (unpaired) electrons. The maximum Gasteiger partial charge on any atom is 0.451 e. The predicted octanol–water partition coefficient (Wildman–Crippen LogP) is 1.63. The fourth-order valence-electron chi connectivity index (χ4n) is 4.10. The van der Waals surface area contributed by atoms with E-state index in [0.29, 0.717) is 24.3 Å². The average molecular weight is 381 g/mol. The van der Waals surface area contributed by atoms with Gasteiger partial charge in [-0.1, -0.05) is 0 Å². The van der Waals surface area contributed by atoms with Gasteiger partial charge in [-0.2, -0.15) is 18.3 Å². The Labute approximate surface area is 152 Å². The van der Waals surface area contributed by atoms with Crippen LogP contribution in [0.2, 0.25) is 0 Å². The first-order valence-corrected chi connectivity index (χ1v) is 8.62. The van der Waals surface area contributed by atoms with Crippen molar-refractivity contribution in [3.8, 4) is 11.4 Å². The van der Waals surface area contributed by atoms with Gasteiger partial charge in [0, 0.05) is 56.8 Å². The average Bonchev–Trinajstić information content (AvgIpc) is 2.97. The van der Waals surface area contributed by atoms with E-state index in [2.05, 4.69) is 10.1 Å². The third-order valence-electron chi connectivity index (χ3n) is 5.28. The van der Waals surface area contributed by atoms with Crippen LogP contribution in [-0.2, 0) is 24.6 Å². The Morgan fingerprint density at radius 2 is 1.96 bits per heavy atom. The Hall–Kier alpha value is -2.65. The highest BCUT2D eigenvalue weighted by Gasteiger charge is 2.38. The summed E-state index contributed by atoms with van der Waals surface area (Å²) in [5.74, 6) is -1.09. The minimum atomic E-state index is -4.62. The van der Waals surface area contributed by atoms with Crippen LogP contribution in [0, 0.1) is 5.92 Å². The fraction of sp³-hybridized carbons (Fsp3) is 0.529. The lowest BCUT2D eigenvalue weighted by Gasteiger charge is -2.42. The van der Waals surface area contributed by atoms with Gasteiger partial charge < -0.3 is 9.47 Å². The molecule has 2 atom stereocenters. The van der Waals surface area contributed by atoms with E-state index in [-0.39, 0.29) is 34.7 Å². The fourth-order valence-corrected chi connectivity index (χ4v) is 4.10. The van der Waals surface area contributed by atoms with Crippen molar-refractivity contribution in [2.75, 3.05) is 13.1 Å². The molecule has 4 rings (SSSR count). The summed E-state index contributed by atoms with van der Waals surface area (Å²) in [6.45, 7) is 3.13. The number of likely N-dealkylation sites (tertiary alicyclic amines) is 1. The van der Waals surface area contributed by atoms with Crippen molar-refractivity contribution in [2.45, 2.75) is 32.0 Å². The summed E-state index contributed by atoms with van der Waals surface area (Å²) >= 11 is 0. The molecule has 2 aliphatic rings. The molecular formula is C17H18F3N5O2. The molecule has 0 saturated carbocycles. The second-order valence-corrected chi connectivity index (χ2v) is 7.22. The van der Waals surface area contributed by atoms with E-state index in [1.54, 1.807) is 15.5 Å². The molecule has 144 valence electrons. The van der Waals surface area contributed by atoms with Crippen molar-refractivity contribution in [1.82, 2.24) is 24.2 Å². The summed E-state index contributed by atoms with van der Waals surface area (Å²) in [5, 5.41) is 3.83. The summed E-state index contributed by atoms with van der Waals surface area (Å²) in [6.07, 6.45) is -3.78. The summed E-state index contributed by atoms with van der Waals surface area (Å²) in [7, 11) is 1.17. The van der Waals surface area contributed by atoms with Crippen molar-refractivity contribution >= 4 is 5.91 Å². The Morgan fingerprint density at radius 3 is 2.59 bits per heavy atom.